The lowest BCUT2D eigenvalue weighted by Gasteiger charge is -2.47. The SMILES string of the molecule is CC(C)C1C(=O)N2CCCC2C(=O)N1C1(C)CC1. The Labute approximate surface area is 108 Å². The summed E-state index contributed by atoms with van der Waals surface area (Å²) in [5.41, 5.74) is -0.0453. The summed E-state index contributed by atoms with van der Waals surface area (Å²) in [7, 11) is 0. The summed E-state index contributed by atoms with van der Waals surface area (Å²) in [5.74, 6) is 0.575. The zero-order chi connectivity index (χ0) is 13.1. The number of nitrogens with zero attached hydrogens (tertiary/aromatic N) is 2. The number of rotatable bonds is 2. The normalized spacial score (nSPS) is 34.2. The zero-order valence-electron chi connectivity index (χ0n) is 11.5. The van der Waals surface area contributed by atoms with Gasteiger partial charge < -0.3 is 9.80 Å². The van der Waals surface area contributed by atoms with E-state index in [2.05, 4.69) is 6.92 Å². The molecule has 3 rings (SSSR count). The summed E-state index contributed by atoms with van der Waals surface area (Å²) in [6.07, 6.45) is 3.91. The van der Waals surface area contributed by atoms with Crippen molar-refractivity contribution in [3.05, 3.63) is 0 Å². The Bertz CT molecular complexity index is 401. The van der Waals surface area contributed by atoms with E-state index in [1.165, 1.54) is 0 Å². The molecule has 2 heterocycles. The molecule has 3 aliphatic rings. The quantitative estimate of drug-likeness (QED) is 0.743. The Kier molecular flexibility index (Phi) is 2.48. The smallest absolute Gasteiger partial charge is 0.246 e. The lowest BCUT2D eigenvalue weighted by Crippen LogP contribution is -2.66. The molecule has 2 saturated heterocycles. The first-order valence-corrected chi connectivity index (χ1v) is 7.09. The summed E-state index contributed by atoms with van der Waals surface area (Å²) in [6, 6.07) is -0.399. The number of piperazine rings is 1. The number of hydrogen-bond acceptors (Lipinski definition) is 2. The van der Waals surface area contributed by atoms with Crippen LogP contribution in [-0.2, 0) is 9.59 Å². The lowest BCUT2D eigenvalue weighted by atomic mass is 9.93. The Morgan fingerprint density at radius 2 is 1.89 bits per heavy atom. The lowest BCUT2D eigenvalue weighted by molar-refractivity contribution is -0.165. The third-order valence-corrected chi connectivity index (χ3v) is 4.78. The van der Waals surface area contributed by atoms with Crippen molar-refractivity contribution in [2.24, 2.45) is 5.92 Å². The fraction of sp³-hybridized carbons (Fsp3) is 0.857. The van der Waals surface area contributed by atoms with Crippen LogP contribution in [0.5, 0.6) is 0 Å². The molecule has 2 amide bonds. The zero-order valence-corrected chi connectivity index (χ0v) is 11.5. The van der Waals surface area contributed by atoms with Crippen LogP contribution in [0.1, 0.15) is 46.5 Å². The average molecular weight is 250 g/mol. The van der Waals surface area contributed by atoms with Crippen LogP contribution in [0.4, 0.5) is 0 Å². The van der Waals surface area contributed by atoms with E-state index >= 15 is 0 Å². The van der Waals surface area contributed by atoms with Crippen LogP contribution in [0, 0.1) is 5.92 Å². The van der Waals surface area contributed by atoms with Crippen molar-refractivity contribution in [3.8, 4) is 0 Å². The minimum atomic E-state index is -0.237. The number of carbonyl (C=O) groups excluding carboxylic acids is 2. The summed E-state index contributed by atoms with van der Waals surface area (Å²) in [5, 5.41) is 0. The molecule has 2 atom stereocenters. The van der Waals surface area contributed by atoms with Crippen LogP contribution >= 0.6 is 0 Å². The van der Waals surface area contributed by atoms with Crippen molar-refractivity contribution in [1.29, 1.82) is 0 Å². The van der Waals surface area contributed by atoms with Gasteiger partial charge in [-0.05, 0) is 38.5 Å². The first-order chi connectivity index (χ1) is 8.46. The molecule has 2 unspecified atom stereocenters. The van der Waals surface area contributed by atoms with Crippen LogP contribution in [0.3, 0.4) is 0 Å². The second kappa shape index (κ2) is 3.72. The van der Waals surface area contributed by atoms with E-state index in [0.717, 1.165) is 32.2 Å². The highest BCUT2D eigenvalue weighted by molar-refractivity contribution is 5.98. The number of amides is 2. The molecule has 100 valence electrons. The van der Waals surface area contributed by atoms with Crippen molar-refractivity contribution < 1.29 is 9.59 Å². The molecule has 0 spiro atoms. The van der Waals surface area contributed by atoms with Gasteiger partial charge >= 0.3 is 0 Å². The van der Waals surface area contributed by atoms with Crippen LogP contribution < -0.4 is 0 Å². The molecule has 4 heteroatoms. The molecule has 0 bridgehead atoms. The maximum atomic E-state index is 12.7. The molecule has 0 N–H and O–H groups in total. The molecule has 2 aliphatic heterocycles. The second-order valence-electron chi connectivity index (χ2n) is 6.58. The summed E-state index contributed by atoms with van der Waals surface area (Å²) in [6.45, 7) is 6.98. The molecule has 1 saturated carbocycles. The van der Waals surface area contributed by atoms with Crippen molar-refractivity contribution in [2.75, 3.05) is 6.54 Å². The maximum Gasteiger partial charge on any atom is 0.246 e. The first-order valence-electron chi connectivity index (χ1n) is 7.09. The molecule has 4 nitrogen and oxygen atoms in total. The van der Waals surface area contributed by atoms with E-state index in [0.29, 0.717) is 0 Å². The average Bonchev–Trinajstić information content (AvgIpc) is 2.87. The van der Waals surface area contributed by atoms with Gasteiger partial charge in [0.05, 0.1) is 0 Å². The topological polar surface area (TPSA) is 40.6 Å². The Morgan fingerprint density at radius 3 is 2.44 bits per heavy atom. The molecule has 0 radical (unpaired) electrons. The molecule has 0 aromatic carbocycles. The van der Waals surface area contributed by atoms with E-state index in [1.54, 1.807) is 0 Å². The Balaban J connectivity index is 1.99. The van der Waals surface area contributed by atoms with Gasteiger partial charge in [-0.15, -0.1) is 0 Å². The van der Waals surface area contributed by atoms with Crippen LogP contribution in [0.15, 0.2) is 0 Å². The molecular formula is C14H22N2O2. The number of carbonyl (C=O) groups is 2. The van der Waals surface area contributed by atoms with Crippen molar-refractivity contribution >= 4 is 11.8 Å². The summed E-state index contributed by atoms with van der Waals surface area (Å²) in [4.78, 5) is 29.1. The molecule has 18 heavy (non-hydrogen) atoms. The number of fused-ring (bicyclic) bond motifs is 1. The van der Waals surface area contributed by atoms with E-state index in [1.807, 2.05) is 23.6 Å². The third kappa shape index (κ3) is 1.50. The predicted molar refractivity (Wildman–Crippen MR) is 67.8 cm³/mol. The number of hydrogen-bond donors (Lipinski definition) is 0. The molecule has 1 aliphatic carbocycles. The fourth-order valence-electron chi connectivity index (χ4n) is 3.47. The highest BCUT2D eigenvalue weighted by Gasteiger charge is 2.57. The van der Waals surface area contributed by atoms with Gasteiger partial charge in [-0.3, -0.25) is 9.59 Å². The third-order valence-electron chi connectivity index (χ3n) is 4.78. The van der Waals surface area contributed by atoms with Crippen molar-refractivity contribution in [3.63, 3.8) is 0 Å². The molecular weight excluding hydrogens is 228 g/mol. The highest BCUT2D eigenvalue weighted by Crippen LogP contribution is 2.46. The Morgan fingerprint density at radius 1 is 1.22 bits per heavy atom. The minimum Gasteiger partial charge on any atom is -0.329 e. The molecule has 0 aromatic rings. The van der Waals surface area contributed by atoms with E-state index in [9.17, 15) is 9.59 Å². The van der Waals surface area contributed by atoms with E-state index in [4.69, 9.17) is 0 Å². The van der Waals surface area contributed by atoms with Gasteiger partial charge in [-0.2, -0.15) is 0 Å². The monoisotopic (exact) mass is 250 g/mol. The maximum absolute atomic E-state index is 12.7. The highest BCUT2D eigenvalue weighted by atomic mass is 16.2. The van der Waals surface area contributed by atoms with Crippen molar-refractivity contribution in [2.45, 2.75) is 64.1 Å². The van der Waals surface area contributed by atoms with Crippen LogP contribution in [-0.4, -0.2) is 45.8 Å². The largest absolute Gasteiger partial charge is 0.329 e. The van der Waals surface area contributed by atoms with Gasteiger partial charge in [0.2, 0.25) is 11.8 Å². The van der Waals surface area contributed by atoms with Crippen LogP contribution in [0.25, 0.3) is 0 Å². The predicted octanol–water partition coefficient (Wildman–Crippen LogP) is 1.40. The van der Waals surface area contributed by atoms with E-state index < -0.39 is 0 Å². The second-order valence-corrected chi connectivity index (χ2v) is 6.58. The van der Waals surface area contributed by atoms with Gasteiger partial charge in [0, 0.05) is 12.1 Å². The standard InChI is InChI=1S/C14H22N2O2/c1-9(2)11-13(18)15-8-4-5-10(15)12(17)16(11)14(3)6-7-14/h9-11H,4-8H2,1-3H3. The van der Waals surface area contributed by atoms with Gasteiger partial charge in [0.15, 0.2) is 0 Å². The molecule has 0 aromatic heterocycles. The van der Waals surface area contributed by atoms with Gasteiger partial charge in [0.25, 0.3) is 0 Å². The van der Waals surface area contributed by atoms with Gasteiger partial charge in [-0.1, -0.05) is 13.8 Å². The minimum absolute atomic E-state index is 0.0453. The Hall–Kier alpha value is -1.06. The first kappa shape index (κ1) is 12.0. The van der Waals surface area contributed by atoms with Gasteiger partial charge in [-0.25, -0.2) is 0 Å². The summed E-state index contributed by atoms with van der Waals surface area (Å²) < 4.78 is 0. The van der Waals surface area contributed by atoms with Gasteiger partial charge in [0.1, 0.15) is 12.1 Å². The fourth-order valence-corrected chi connectivity index (χ4v) is 3.47. The van der Waals surface area contributed by atoms with Crippen molar-refractivity contribution in [1.82, 2.24) is 9.80 Å². The summed E-state index contributed by atoms with van der Waals surface area (Å²) >= 11 is 0. The van der Waals surface area contributed by atoms with E-state index in [-0.39, 0.29) is 35.4 Å². The molecule has 3 fully saturated rings. The van der Waals surface area contributed by atoms with Crippen LogP contribution in [0.2, 0.25) is 0 Å².